The highest BCUT2D eigenvalue weighted by molar-refractivity contribution is 14.0. The van der Waals surface area contributed by atoms with Gasteiger partial charge in [-0.3, -0.25) is 4.99 Å². The Bertz CT molecular complexity index is 502. The van der Waals surface area contributed by atoms with Crippen molar-refractivity contribution in [2.24, 2.45) is 10.4 Å². The minimum absolute atomic E-state index is 0. The van der Waals surface area contributed by atoms with Crippen molar-refractivity contribution in [3.05, 3.63) is 17.8 Å². The van der Waals surface area contributed by atoms with Crippen molar-refractivity contribution in [2.75, 3.05) is 7.05 Å². The van der Waals surface area contributed by atoms with E-state index in [0.717, 1.165) is 11.7 Å². The first-order valence-electron chi connectivity index (χ1n) is 7.15. The van der Waals surface area contributed by atoms with E-state index in [9.17, 15) is 0 Å². The number of rotatable bonds is 3. The number of aromatic nitrogens is 1. The van der Waals surface area contributed by atoms with Crippen LogP contribution in [0.15, 0.2) is 15.6 Å². The number of hydrogen-bond acceptors (Lipinski definition) is 3. The van der Waals surface area contributed by atoms with E-state index in [1.165, 1.54) is 6.42 Å². The molecule has 0 amide bonds. The molecule has 0 aliphatic heterocycles. The van der Waals surface area contributed by atoms with Crippen LogP contribution in [0, 0.1) is 5.41 Å². The molecule has 1 atom stereocenters. The monoisotopic (exact) mass is 406 g/mol. The molecular weight excluding hydrogens is 379 g/mol. The Kier molecular flexibility index (Phi) is 5.69. The molecular formula is C15H27IN4O. The third kappa shape index (κ3) is 4.86. The topological polar surface area (TPSA) is 62.5 Å². The van der Waals surface area contributed by atoms with E-state index in [1.54, 1.807) is 13.2 Å². The fourth-order valence-corrected chi connectivity index (χ4v) is 1.97. The van der Waals surface area contributed by atoms with E-state index in [-0.39, 0.29) is 29.4 Å². The second kappa shape index (κ2) is 6.54. The van der Waals surface area contributed by atoms with Crippen molar-refractivity contribution >= 4 is 29.9 Å². The highest BCUT2D eigenvalue weighted by Gasteiger charge is 2.46. The maximum Gasteiger partial charge on any atom is 0.213 e. The predicted molar refractivity (Wildman–Crippen MR) is 96.1 cm³/mol. The van der Waals surface area contributed by atoms with Gasteiger partial charge in [-0.1, -0.05) is 34.6 Å². The van der Waals surface area contributed by atoms with Crippen LogP contribution in [0.4, 0.5) is 0 Å². The molecule has 0 saturated heterocycles. The van der Waals surface area contributed by atoms with Gasteiger partial charge < -0.3 is 15.1 Å². The van der Waals surface area contributed by atoms with Crippen LogP contribution in [-0.2, 0) is 12.0 Å². The second-order valence-electron chi connectivity index (χ2n) is 7.18. The van der Waals surface area contributed by atoms with Gasteiger partial charge in [-0.05, 0) is 11.8 Å². The number of halogens is 1. The van der Waals surface area contributed by atoms with Crippen LogP contribution >= 0.6 is 24.0 Å². The molecule has 0 radical (unpaired) electrons. The lowest BCUT2D eigenvalue weighted by Crippen LogP contribution is -2.39. The molecule has 21 heavy (non-hydrogen) atoms. The largest absolute Gasteiger partial charge is 0.443 e. The van der Waals surface area contributed by atoms with E-state index in [2.05, 4.69) is 55.2 Å². The number of aliphatic imine (C=N–C) groups is 1. The lowest BCUT2D eigenvalue weighted by Gasteiger charge is -2.14. The minimum Gasteiger partial charge on any atom is -0.443 e. The van der Waals surface area contributed by atoms with Gasteiger partial charge in [0.05, 0.1) is 12.7 Å². The summed E-state index contributed by atoms with van der Waals surface area (Å²) in [7, 11) is 1.78. The molecule has 2 rings (SSSR count). The molecule has 0 bridgehead atoms. The summed E-state index contributed by atoms with van der Waals surface area (Å²) in [5.74, 6) is 2.39. The van der Waals surface area contributed by atoms with Crippen LogP contribution in [-0.4, -0.2) is 24.0 Å². The van der Waals surface area contributed by atoms with Gasteiger partial charge in [-0.2, -0.15) is 0 Å². The molecule has 1 aliphatic rings. The standard InChI is InChI=1S/C15H26N4O.HI/c1-14(2,3)11-8-17-12(20-11)9-18-13(16-6)19-10-7-15(10,4)5;/h8,10H,7,9H2,1-6H3,(H2,16,18,19);1H. The van der Waals surface area contributed by atoms with Crippen LogP contribution in [0.5, 0.6) is 0 Å². The Balaban J connectivity index is 0.00000220. The molecule has 0 spiro atoms. The molecule has 1 aliphatic carbocycles. The first-order valence-corrected chi connectivity index (χ1v) is 7.15. The molecule has 1 unspecified atom stereocenters. The van der Waals surface area contributed by atoms with Crippen molar-refractivity contribution in [3.8, 4) is 0 Å². The average Bonchev–Trinajstić information content (AvgIpc) is 2.79. The fourth-order valence-electron chi connectivity index (χ4n) is 1.97. The summed E-state index contributed by atoms with van der Waals surface area (Å²) in [5.41, 5.74) is 0.364. The zero-order valence-electron chi connectivity index (χ0n) is 13.8. The maximum atomic E-state index is 5.75. The third-order valence-corrected chi connectivity index (χ3v) is 3.75. The van der Waals surface area contributed by atoms with Crippen molar-refractivity contribution in [1.82, 2.24) is 15.6 Å². The Morgan fingerprint density at radius 1 is 1.48 bits per heavy atom. The predicted octanol–water partition coefficient (Wildman–Crippen LogP) is 3.05. The molecule has 2 N–H and O–H groups in total. The van der Waals surface area contributed by atoms with Gasteiger partial charge >= 0.3 is 0 Å². The van der Waals surface area contributed by atoms with E-state index < -0.39 is 0 Å². The van der Waals surface area contributed by atoms with Gasteiger partial charge in [-0.25, -0.2) is 4.98 Å². The molecule has 1 aromatic rings. The van der Waals surface area contributed by atoms with Gasteiger partial charge in [-0.15, -0.1) is 24.0 Å². The second-order valence-corrected chi connectivity index (χ2v) is 7.18. The lowest BCUT2D eigenvalue weighted by molar-refractivity contribution is 0.379. The van der Waals surface area contributed by atoms with Gasteiger partial charge in [0, 0.05) is 18.5 Å². The number of nitrogens with one attached hydrogen (secondary N) is 2. The van der Waals surface area contributed by atoms with Gasteiger partial charge in [0.25, 0.3) is 0 Å². The smallest absolute Gasteiger partial charge is 0.213 e. The fraction of sp³-hybridized carbons (Fsp3) is 0.733. The Morgan fingerprint density at radius 3 is 2.52 bits per heavy atom. The van der Waals surface area contributed by atoms with Crippen molar-refractivity contribution in [1.29, 1.82) is 0 Å². The Hall–Kier alpha value is -0.790. The quantitative estimate of drug-likeness (QED) is 0.460. The van der Waals surface area contributed by atoms with Crippen LogP contribution < -0.4 is 10.6 Å². The van der Waals surface area contributed by atoms with Crippen LogP contribution in [0.3, 0.4) is 0 Å². The SMILES string of the molecule is CN=C(NCc1ncc(C(C)(C)C)o1)NC1CC1(C)C.I. The first-order chi connectivity index (χ1) is 9.22. The molecule has 1 aromatic heterocycles. The lowest BCUT2D eigenvalue weighted by atomic mass is 9.94. The van der Waals surface area contributed by atoms with E-state index in [4.69, 9.17) is 4.42 Å². The minimum atomic E-state index is -0.0107. The van der Waals surface area contributed by atoms with E-state index in [1.807, 2.05) is 0 Å². The van der Waals surface area contributed by atoms with Crippen LogP contribution in [0.1, 0.15) is 52.7 Å². The van der Waals surface area contributed by atoms with Gasteiger partial charge in [0.2, 0.25) is 5.89 Å². The summed E-state index contributed by atoms with van der Waals surface area (Å²) >= 11 is 0. The summed E-state index contributed by atoms with van der Waals surface area (Å²) in [6, 6.07) is 0.503. The summed E-state index contributed by atoms with van der Waals surface area (Å²) in [6.07, 6.45) is 2.98. The number of oxazole rings is 1. The van der Waals surface area contributed by atoms with Gasteiger partial charge in [0.1, 0.15) is 5.76 Å². The normalized spacial score (nSPS) is 20.7. The van der Waals surface area contributed by atoms with E-state index in [0.29, 0.717) is 23.9 Å². The molecule has 1 saturated carbocycles. The molecule has 6 heteroatoms. The van der Waals surface area contributed by atoms with Crippen molar-refractivity contribution < 1.29 is 4.42 Å². The van der Waals surface area contributed by atoms with Crippen LogP contribution in [0.2, 0.25) is 0 Å². The van der Waals surface area contributed by atoms with Crippen molar-refractivity contribution in [3.63, 3.8) is 0 Å². The highest BCUT2D eigenvalue weighted by Crippen LogP contribution is 2.44. The molecule has 120 valence electrons. The van der Waals surface area contributed by atoms with E-state index >= 15 is 0 Å². The molecule has 5 nitrogen and oxygen atoms in total. The maximum absolute atomic E-state index is 5.75. The molecule has 0 aromatic carbocycles. The number of hydrogen-bond donors (Lipinski definition) is 2. The average molecular weight is 406 g/mol. The van der Waals surface area contributed by atoms with Gasteiger partial charge in [0.15, 0.2) is 5.96 Å². The van der Waals surface area contributed by atoms with Crippen molar-refractivity contribution in [2.45, 2.75) is 59.0 Å². The molecule has 1 heterocycles. The number of nitrogens with zero attached hydrogens (tertiary/aromatic N) is 2. The summed E-state index contributed by atoms with van der Waals surface area (Å²) in [6.45, 7) is 11.4. The zero-order valence-corrected chi connectivity index (χ0v) is 16.1. The Morgan fingerprint density at radius 2 is 2.10 bits per heavy atom. The highest BCUT2D eigenvalue weighted by atomic mass is 127. The zero-order chi connectivity index (χ0) is 15.0. The summed E-state index contributed by atoms with van der Waals surface area (Å²) in [5, 5.41) is 6.65. The molecule has 1 fully saturated rings. The third-order valence-electron chi connectivity index (χ3n) is 3.75. The Labute approximate surface area is 144 Å². The summed E-state index contributed by atoms with van der Waals surface area (Å²) in [4.78, 5) is 8.53. The van der Waals surface area contributed by atoms with Crippen LogP contribution in [0.25, 0.3) is 0 Å². The summed E-state index contributed by atoms with van der Waals surface area (Å²) < 4.78 is 5.75. The number of guanidine groups is 1. The first kappa shape index (κ1) is 18.3.